The van der Waals surface area contributed by atoms with Crippen molar-refractivity contribution in [3.05, 3.63) is 29.4 Å². The Morgan fingerprint density at radius 3 is 1.96 bits per heavy atom. The van der Waals surface area contributed by atoms with Gasteiger partial charge >= 0.3 is 0 Å². The van der Waals surface area contributed by atoms with Gasteiger partial charge in [0, 0.05) is 236 Å². The Bertz CT molecular complexity index is 390. The van der Waals surface area contributed by atoms with E-state index in [0.29, 0.717) is 5.56 Å². The van der Waals surface area contributed by atoms with Crippen LogP contribution >= 0.6 is 0 Å². The molecule has 0 unspecified atom stereocenters. The Kier molecular flexibility index (Phi) is 65.0. The minimum absolute atomic E-state index is 0. The predicted molar refractivity (Wildman–Crippen MR) is 57.6 cm³/mol. The Labute approximate surface area is 318 Å². The zero-order valence-electron chi connectivity index (χ0n) is 13.5. The van der Waals surface area contributed by atoms with E-state index in [0.717, 1.165) is 43.1 Å². The molecule has 0 bridgehead atoms. The van der Waals surface area contributed by atoms with Crippen LogP contribution in [0.1, 0.15) is 37.3 Å². The summed E-state index contributed by atoms with van der Waals surface area (Å²) in [5.41, 5.74) is 1.64. The van der Waals surface area contributed by atoms with Gasteiger partial charge in [0.15, 0.2) is 0 Å². The number of phenols is 1. The van der Waals surface area contributed by atoms with Crippen molar-refractivity contribution in [1.82, 2.24) is 0 Å². The van der Waals surface area contributed by atoms with Gasteiger partial charge in [-0.25, -0.2) is 11.1 Å². The molecule has 2 nitrogen and oxygen atoms in total. The second-order valence-corrected chi connectivity index (χ2v) is 3.92. The molecule has 124 valence electrons. The molecule has 2 rings (SSSR count). The van der Waals surface area contributed by atoms with Crippen molar-refractivity contribution in [3.63, 3.8) is 0 Å². The first-order valence-corrected chi connectivity index (χ1v) is 5.40. The molecule has 4 radical (unpaired) electrons. The number of aryl methyl sites for hydroxylation is 2. The van der Waals surface area contributed by atoms with Crippen molar-refractivity contribution in [3.8, 4) is 11.5 Å². The minimum Gasteiger partial charge on any atom is -0.732 e. The van der Waals surface area contributed by atoms with Gasteiger partial charge in [-0.1, -0.05) is 13.3 Å². The number of phenolic OH excluding ortho intramolecular Hbond substituents is 1. The van der Waals surface area contributed by atoms with E-state index in [1.807, 2.05) is 6.92 Å². The van der Waals surface area contributed by atoms with Gasteiger partial charge in [0.05, 0.1) is 0 Å². The van der Waals surface area contributed by atoms with E-state index in [9.17, 15) is 5.11 Å². The van der Waals surface area contributed by atoms with Crippen LogP contribution in [0.25, 0.3) is 0 Å². The van der Waals surface area contributed by atoms with Crippen molar-refractivity contribution < 1.29 is 246 Å². The summed E-state index contributed by atoms with van der Waals surface area (Å²) >= 11 is 0. The van der Waals surface area contributed by atoms with Crippen molar-refractivity contribution in [1.29, 1.82) is 0 Å². The second-order valence-electron chi connectivity index (χ2n) is 3.92. The molecule has 0 atom stereocenters. The number of ether oxygens (including phenoxy) is 1. The van der Waals surface area contributed by atoms with E-state index < -0.39 is 0 Å². The summed E-state index contributed by atoms with van der Waals surface area (Å²) in [4.78, 5) is 0. The SMILES string of the molecule is CCC[C-]1CCc2[c-]c(O)c(C)[c-]c2O1.[W].[W].[W].[W].[W].[Y].[Y].[Y].[Y]. The van der Waals surface area contributed by atoms with E-state index in [1.165, 1.54) is 0 Å². The third-order valence-corrected chi connectivity index (χ3v) is 2.63. The molecule has 24 heavy (non-hydrogen) atoms. The Morgan fingerprint density at radius 2 is 1.50 bits per heavy atom. The monoisotopic (exact) mass is 1480 g/mol. The molecule has 0 amide bonds. The molecule has 1 N–H and O–H groups in total. The van der Waals surface area contributed by atoms with Crippen LogP contribution < -0.4 is 4.74 Å². The molecule has 0 aliphatic carbocycles. The average molecular weight is 1480 g/mol. The van der Waals surface area contributed by atoms with Gasteiger partial charge in [0.25, 0.3) is 0 Å². The van der Waals surface area contributed by atoms with Crippen molar-refractivity contribution >= 4 is 0 Å². The summed E-state index contributed by atoms with van der Waals surface area (Å²) < 4.78 is 5.73. The molecule has 0 aromatic heterocycles. The Hall–Kier alpha value is 6.68. The van der Waals surface area contributed by atoms with E-state index in [1.54, 1.807) is 0 Å². The van der Waals surface area contributed by atoms with Gasteiger partial charge in [-0.3, -0.25) is 12.1 Å². The number of benzene rings is 1. The maximum atomic E-state index is 9.50. The Balaban J connectivity index is -0.0000000474. The quantitative estimate of drug-likeness (QED) is 0.463. The molecule has 1 heterocycles. The fourth-order valence-electron chi connectivity index (χ4n) is 1.78. The van der Waals surface area contributed by atoms with Crippen LogP contribution in [0.5, 0.6) is 11.5 Å². The molecule has 1 aliphatic rings. The van der Waals surface area contributed by atoms with Crippen LogP contribution in [0, 0.1) is 25.2 Å². The number of hydrogen-bond donors (Lipinski definition) is 1. The molecule has 1 aromatic carbocycles. The van der Waals surface area contributed by atoms with E-state index in [-0.39, 0.29) is 242 Å². The second kappa shape index (κ2) is 29.7. The van der Waals surface area contributed by atoms with Crippen molar-refractivity contribution in [2.24, 2.45) is 0 Å². The largest absolute Gasteiger partial charge is 0.732 e. The number of hydrogen-bond acceptors (Lipinski definition) is 2. The third kappa shape index (κ3) is 18.3. The summed E-state index contributed by atoms with van der Waals surface area (Å²) in [6, 6.07) is 6.00. The predicted octanol–water partition coefficient (Wildman–Crippen LogP) is 2.94. The van der Waals surface area contributed by atoms with Gasteiger partial charge in [-0.2, -0.15) is 12.5 Å². The molecule has 0 spiro atoms. The van der Waals surface area contributed by atoms with Crippen LogP contribution in [-0.2, 0) is 243 Å². The van der Waals surface area contributed by atoms with Gasteiger partial charge in [0.2, 0.25) is 0 Å². The number of rotatable bonds is 2. The molecule has 0 saturated carbocycles. The van der Waals surface area contributed by atoms with Crippen LogP contribution in [0.3, 0.4) is 0 Å². The summed E-state index contributed by atoms with van der Waals surface area (Å²) in [6.07, 6.45) is 5.07. The third-order valence-electron chi connectivity index (χ3n) is 2.63. The fraction of sp³-hybridized carbons (Fsp3) is 0.462. The van der Waals surface area contributed by atoms with Crippen LogP contribution in [-0.4, -0.2) is 5.11 Å². The van der Waals surface area contributed by atoms with Gasteiger partial charge in [-0.15, -0.1) is 31.3 Å². The molecular weight excluding hydrogens is 1460 g/mol. The molecule has 0 saturated heterocycles. The van der Waals surface area contributed by atoms with Gasteiger partial charge in [0.1, 0.15) is 0 Å². The summed E-state index contributed by atoms with van der Waals surface area (Å²) in [5.74, 6) is 0.941. The number of aromatic hydroxyl groups is 1. The first kappa shape index (κ1) is 52.5. The summed E-state index contributed by atoms with van der Waals surface area (Å²) in [6.45, 7) is 3.95. The van der Waals surface area contributed by atoms with Gasteiger partial charge < -0.3 is 9.84 Å². The first-order chi connectivity index (χ1) is 7.20. The first-order valence-electron chi connectivity index (χ1n) is 5.40. The zero-order valence-corrected chi connectivity index (χ0v) is 39.6. The van der Waals surface area contributed by atoms with Gasteiger partial charge in [-0.05, 0) is 0 Å². The van der Waals surface area contributed by atoms with Crippen molar-refractivity contribution in [2.75, 3.05) is 0 Å². The van der Waals surface area contributed by atoms with E-state index in [4.69, 9.17) is 4.74 Å². The van der Waals surface area contributed by atoms with Crippen LogP contribution in [0.2, 0.25) is 0 Å². The molecular formula is C13H15O2W5Y4-3. The fourth-order valence-corrected chi connectivity index (χ4v) is 1.78. The number of fused-ring (bicyclic) bond motifs is 1. The van der Waals surface area contributed by atoms with E-state index >= 15 is 0 Å². The molecule has 1 aromatic rings. The maximum absolute atomic E-state index is 9.50. The standard InChI is InChI=1S/C13H15O2.5W.4Y/c1-3-4-11-6-5-10-8-12(14)9(2)7-13(10)15-11;;;;;;;;;/h14H,3-6H2,1-2H3;;;;;;;;;/q-3;;;;;;;;;. The topological polar surface area (TPSA) is 29.5 Å². The normalized spacial score (nSPS) is 9.92. The van der Waals surface area contributed by atoms with Crippen LogP contribution in [0.15, 0.2) is 0 Å². The van der Waals surface area contributed by atoms with Crippen LogP contribution in [0.4, 0.5) is 0 Å². The zero-order chi connectivity index (χ0) is 10.8. The van der Waals surface area contributed by atoms with Crippen molar-refractivity contribution in [2.45, 2.75) is 39.5 Å². The molecule has 0 fully saturated rings. The summed E-state index contributed by atoms with van der Waals surface area (Å²) in [5, 5.41) is 9.50. The van der Waals surface area contributed by atoms with E-state index in [2.05, 4.69) is 19.1 Å². The molecule has 1 aliphatic heterocycles. The average Bonchev–Trinajstić information content (AvgIpc) is 2.21. The summed E-state index contributed by atoms with van der Waals surface area (Å²) in [7, 11) is 0. The maximum Gasteiger partial charge on any atom is 0 e. The Morgan fingerprint density at radius 1 is 1.00 bits per heavy atom. The molecule has 11 heteroatoms. The smallest absolute Gasteiger partial charge is 0 e. The minimum atomic E-state index is 0.